The van der Waals surface area contributed by atoms with Crippen LogP contribution >= 0.6 is 0 Å². The van der Waals surface area contributed by atoms with Gasteiger partial charge in [0.05, 0.1) is 6.04 Å². The summed E-state index contributed by atoms with van der Waals surface area (Å²) in [6.45, 7) is 0.829. The molecule has 1 rings (SSSR count). The summed E-state index contributed by atoms with van der Waals surface area (Å²) in [6, 6.07) is -0.589. The summed E-state index contributed by atoms with van der Waals surface area (Å²) in [4.78, 5) is 24.6. The van der Waals surface area contributed by atoms with Crippen molar-refractivity contribution in [3.63, 3.8) is 0 Å². The number of nitrogens with one attached hydrogen (secondary N) is 2. The summed E-state index contributed by atoms with van der Waals surface area (Å²) < 4.78 is 0. The molecular formula is C14H28N4O2. The van der Waals surface area contributed by atoms with Crippen LogP contribution in [0.25, 0.3) is 0 Å². The molecule has 0 heterocycles. The molecule has 1 atom stereocenters. The maximum atomic E-state index is 11.8. The second-order valence-corrected chi connectivity index (χ2v) is 5.76. The molecule has 4 N–H and O–H groups in total. The van der Waals surface area contributed by atoms with Gasteiger partial charge >= 0.3 is 6.03 Å². The fourth-order valence-corrected chi connectivity index (χ4v) is 2.53. The highest BCUT2D eigenvalue weighted by molar-refractivity contribution is 5.81. The molecule has 1 unspecified atom stereocenters. The molecule has 0 aromatic heterocycles. The van der Waals surface area contributed by atoms with Gasteiger partial charge in [0.25, 0.3) is 0 Å². The summed E-state index contributed by atoms with van der Waals surface area (Å²) in [5.41, 5.74) is 5.93. The van der Waals surface area contributed by atoms with E-state index >= 15 is 0 Å². The van der Waals surface area contributed by atoms with Gasteiger partial charge in [0.15, 0.2) is 0 Å². The van der Waals surface area contributed by atoms with Gasteiger partial charge in [0.2, 0.25) is 5.91 Å². The van der Waals surface area contributed by atoms with Crippen molar-refractivity contribution >= 4 is 11.9 Å². The van der Waals surface area contributed by atoms with E-state index in [9.17, 15) is 9.59 Å². The molecule has 1 fully saturated rings. The average Bonchev–Trinajstić information content (AvgIpc) is 2.43. The Kier molecular flexibility index (Phi) is 7.36. The van der Waals surface area contributed by atoms with Crippen LogP contribution < -0.4 is 16.4 Å². The molecule has 1 saturated carbocycles. The number of carbonyl (C=O) groups is 2. The number of urea groups is 1. The Bertz CT molecular complexity index is 314. The van der Waals surface area contributed by atoms with Gasteiger partial charge in [-0.05, 0) is 12.3 Å². The number of rotatable bonds is 6. The Morgan fingerprint density at radius 2 is 1.75 bits per heavy atom. The van der Waals surface area contributed by atoms with Crippen LogP contribution in [0.5, 0.6) is 0 Å². The van der Waals surface area contributed by atoms with Crippen LogP contribution in [0.1, 0.15) is 38.5 Å². The van der Waals surface area contributed by atoms with E-state index in [1.54, 1.807) is 14.1 Å². The van der Waals surface area contributed by atoms with Crippen molar-refractivity contribution in [2.24, 2.45) is 11.7 Å². The van der Waals surface area contributed by atoms with Gasteiger partial charge in [-0.2, -0.15) is 0 Å². The Hall–Kier alpha value is -1.30. The molecule has 3 amide bonds. The van der Waals surface area contributed by atoms with Crippen LogP contribution in [0.2, 0.25) is 0 Å². The van der Waals surface area contributed by atoms with Crippen LogP contribution in [0.15, 0.2) is 0 Å². The van der Waals surface area contributed by atoms with Gasteiger partial charge < -0.3 is 21.3 Å². The zero-order chi connectivity index (χ0) is 15.0. The Labute approximate surface area is 121 Å². The molecule has 1 aliphatic carbocycles. The summed E-state index contributed by atoms with van der Waals surface area (Å²) in [5, 5.41) is 5.46. The monoisotopic (exact) mass is 284 g/mol. The van der Waals surface area contributed by atoms with Crippen molar-refractivity contribution in [3.05, 3.63) is 0 Å². The first-order valence-corrected chi connectivity index (χ1v) is 7.49. The lowest BCUT2D eigenvalue weighted by molar-refractivity contribution is -0.122. The minimum Gasteiger partial charge on any atom is -0.353 e. The van der Waals surface area contributed by atoms with Crippen LogP contribution in [0, 0.1) is 5.92 Å². The maximum Gasteiger partial charge on any atom is 0.316 e. The summed E-state index contributed by atoms with van der Waals surface area (Å²) in [7, 11) is 3.35. The quantitative estimate of drug-likeness (QED) is 0.627. The number of hydrogen-bond donors (Lipinski definition) is 3. The second kappa shape index (κ2) is 8.79. The summed E-state index contributed by atoms with van der Waals surface area (Å²) in [6.07, 6.45) is 6.99. The van der Waals surface area contributed by atoms with Crippen molar-refractivity contribution in [2.75, 3.05) is 27.2 Å². The van der Waals surface area contributed by atoms with E-state index in [1.165, 1.54) is 37.0 Å². The van der Waals surface area contributed by atoms with E-state index in [-0.39, 0.29) is 11.9 Å². The van der Waals surface area contributed by atoms with Crippen molar-refractivity contribution in [1.29, 1.82) is 0 Å². The standard InChI is InChI=1S/C14H28N4O2/c1-18(2)14(20)17-9-8-16-13(19)12(15)10-11-6-4-3-5-7-11/h11-12H,3-10,15H2,1-2H3,(H,16,19)(H,17,20). The van der Waals surface area contributed by atoms with E-state index in [2.05, 4.69) is 10.6 Å². The lowest BCUT2D eigenvalue weighted by atomic mass is 9.85. The molecular weight excluding hydrogens is 256 g/mol. The van der Waals surface area contributed by atoms with E-state index in [1.807, 2.05) is 0 Å². The van der Waals surface area contributed by atoms with Gasteiger partial charge in [0, 0.05) is 27.2 Å². The first kappa shape index (κ1) is 16.8. The fraction of sp³-hybridized carbons (Fsp3) is 0.857. The van der Waals surface area contributed by atoms with Crippen molar-refractivity contribution in [1.82, 2.24) is 15.5 Å². The third-order valence-corrected chi connectivity index (χ3v) is 3.76. The minimum atomic E-state index is -0.428. The highest BCUT2D eigenvalue weighted by Crippen LogP contribution is 2.26. The van der Waals surface area contributed by atoms with Gasteiger partial charge in [-0.25, -0.2) is 4.79 Å². The normalized spacial score (nSPS) is 17.4. The average molecular weight is 284 g/mol. The molecule has 116 valence electrons. The predicted molar refractivity (Wildman–Crippen MR) is 79.3 cm³/mol. The summed E-state index contributed by atoms with van der Waals surface area (Å²) in [5.74, 6) is 0.479. The Morgan fingerprint density at radius 3 is 2.35 bits per heavy atom. The van der Waals surface area contributed by atoms with Gasteiger partial charge in [-0.3, -0.25) is 4.79 Å². The molecule has 0 aromatic rings. The summed E-state index contributed by atoms with van der Waals surface area (Å²) >= 11 is 0. The lowest BCUT2D eigenvalue weighted by Gasteiger charge is -2.24. The van der Waals surface area contributed by atoms with E-state index in [4.69, 9.17) is 5.73 Å². The second-order valence-electron chi connectivity index (χ2n) is 5.76. The Morgan fingerprint density at radius 1 is 1.15 bits per heavy atom. The smallest absolute Gasteiger partial charge is 0.316 e. The van der Waals surface area contributed by atoms with Gasteiger partial charge in [-0.15, -0.1) is 0 Å². The van der Waals surface area contributed by atoms with E-state index in [0.717, 1.165) is 6.42 Å². The zero-order valence-electron chi connectivity index (χ0n) is 12.7. The molecule has 0 saturated heterocycles. The number of amides is 3. The lowest BCUT2D eigenvalue weighted by Crippen LogP contribution is -2.45. The van der Waals surface area contributed by atoms with E-state index < -0.39 is 6.04 Å². The molecule has 0 aliphatic heterocycles. The molecule has 0 spiro atoms. The van der Waals surface area contributed by atoms with Crippen molar-refractivity contribution in [2.45, 2.75) is 44.6 Å². The molecule has 0 radical (unpaired) electrons. The molecule has 6 heteroatoms. The topological polar surface area (TPSA) is 87.5 Å². The van der Waals surface area contributed by atoms with Crippen molar-refractivity contribution < 1.29 is 9.59 Å². The van der Waals surface area contributed by atoms with Gasteiger partial charge in [-0.1, -0.05) is 32.1 Å². The molecule has 20 heavy (non-hydrogen) atoms. The van der Waals surface area contributed by atoms with Gasteiger partial charge in [0.1, 0.15) is 0 Å². The zero-order valence-corrected chi connectivity index (χ0v) is 12.7. The number of carbonyl (C=O) groups excluding carboxylic acids is 2. The SMILES string of the molecule is CN(C)C(=O)NCCNC(=O)C(N)CC1CCCCC1. The maximum absolute atomic E-state index is 11.8. The van der Waals surface area contributed by atoms with Crippen LogP contribution in [0.3, 0.4) is 0 Å². The highest BCUT2D eigenvalue weighted by atomic mass is 16.2. The first-order valence-electron chi connectivity index (χ1n) is 7.49. The van der Waals surface area contributed by atoms with Crippen molar-refractivity contribution in [3.8, 4) is 0 Å². The Balaban J connectivity index is 2.13. The van der Waals surface area contributed by atoms with Crippen LogP contribution in [-0.4, -0.2) is 50.1 Å². The number of nitrogens with zero attached hydrogens (tertiary/aromatic N) is 1. The van der Waals surface area contributed by atoms with E-state index in [0.29, 0.717) is 19.0 Å². The fourth-order valence-electron chi connectivity index (χ4n) is 2.53. The number of hydrogen-bond acceptors (Lipinski definition) is 3. The molecule has 1 aliphatic rings. The molecule has 6 nitrogen and oxygen atoms in total. The largest absolute Gasteiger partial charge is 0.353 e. The highest BCUT2D eigenvalue weighted by Gasteiger charge is 2.20. The first-order chi connectivity index (χ1) is 9.50. The molecule has 0 bridgehead atoms. The third-order valence-electron chi connectivity index (χ3n) is 3.76. The minimum absolute atomic E-state index is 0.116. The number of nitrogens with two attached hydrogens (primary N) is 1. The van der Waals surface area contributed by atoms with Crippen LogP contribution in [0.4, 0.5) is 4.79 Å². The third kappa shape index (κ3) is 6.23. The predicted octanol–water partition coefficient (Wildman–Crippen LogP) is 0.672. The molecule has 0 aromatic carbocycles. The van der Waals surface area contributed by atoms with Crippen LogP contribution in [-0.2, 0) is 4.79 Å².